The summed E-state index contributed by atoms with van der Waals surface area (Å²) in [7, 11) is 0. The molecule has 7 heteroatoms. The van der Waals surface area contributed by atoms with E-state index in [4.69, 9.17) is 5.73 Å². The first-order valence-corrected chi connectivity index (χ1v) is 10.4. The van der Waals surface area contributed by atoms with Gasteiger partial charge in [-0.3, -0.25) is 9.59 Å². The number of hydrogen-bond donors (Lipinski definition) is 2. The van der Waals surface area contributed by atoms with Crippen molar-refractivity contribution in [2.45, 2.75) is 32.1 Å². The second kappa shape index (κ2) is 11.2. The maximum Gasteiger partial charge on any atom is 0.261 e. The number of fused-ring (bicyclic) bond motifs is 1. The van der Waals surface area contributed by atoms with E-state index in [1.807, 2.05) is 36.4 Å². The summed E-state index contributed by atoms with van der Waals surface area (Å²) >= 11 is 1.56. The molecular formula is C21H28ClN3O2S. The van der Waals surface area contributed by atoms with Crippen LogP contribution in [0, 0.1) is 0 Å². The topological polar surface area (TPSA) is 75.4 Å². The van der Waals surface area contributed by atoms with Crippen LogP contribution in [-0.4, -0.2) is 42.9 Å². The number of nitrogens with one attached hydrogen (secondary N) is 1. The third-order valence-corrected chi connectivity index (χ3v) is 6.12. The van der Waals surface area contributed by atoms with E-state index in [1.165, 1.54) is 28.8 Å². The van der Waals surface area contributed by atoms with Gasteiger partial charge in [0.05, 0.1) is 11.4 Å². The van der Waals surface area contributed by atoms with E-state index in [2.05, 4.69) is 5.32 Å². The number of thiophene rings is 1. The van der Waals surface area contributed by atoms with Crippen LogP contribution in [0.25, 0.3) is 0 Å². The molecule has 1 aromatic heterocycles. The van der Waals surface area contributed by atoms with E-state index >= 15 is 0 Å². The Kier molecular flexibility index (Phi) is 8.96. The summed E-state index contributed by atoms with van der Waals surface area (Å²) in [6, 6.07) is 12.0. The van der Waals surface area contributed by atoms with Crippen LogP contribution in [0.3, 0.4) is 0 Å². The molecule has 0 spiro atoms. The normalized spacial score (nSPS) is 12.6. The lowest BCUT2D eigenvalue weighted by Gasteiger charge is -2.22. The molecule has 0 aliphatic heterocycles. The molecule has 28 heavy (non-hydrogen) atoms. The van der Waals surface area contributed by atoms with Crippen LogP contribution >= 0.6 is 23.7 Å². The first-order valence-electron chi connectivity index (χ1n) is 9.59. The quantitative estimate of drug-likeness (QED) is 0.688. The number of aryl methyl sites for hydroxylation is 2. The van der Waals surface area contributed by atoms with Crippen molar-refractivity contribution in [3.63, 3.8) is 0 Å². The third kappa shape index (κ3) is 6.06. The molecule has 0 bridgehead atoms. The lowest BCUT2D eigenvalue weighted by molar-refractivity contribution is -0.130. The Morgan fingerprint density at radius 2 is 1.86 bits per heavy atom. The predicted octanol–water partition coefficient (Wildman–Crippen LogP) is 2.81. The average Bonchev–Trinajstić information content (AvgIpc) is 3.14. The molecule has 0 saturated heterocycles. The van der Waals surface area contributed by atoms with Crippen molar-refractivity contribution >= 4 is 35.6 Å². The molecule has 1 aliphatic carbocycles. The maximum absolute atomic E-state index is 12.5. The van der Waals surface area contributed by atoms with E-state index in [0.29, 0.717) is 24.5 Å². The number of halogens is 1. The van der Waals surface area contributed by atoms with Gasteiger partial charge in [-0.05, 0) is 49.3 Å². The van der Waals surface area contributed by atoms with E-state index in [9.17, 15) is 9.59 Å². The molecule has 1 heterocycles. The highest BCUT2D eigenvalue weighted by molar-refractivity contribution is 7.14. The average molecular weight is 422 g/mol. The predicted molar refractivity (Wildman–Crippen MR) is 116 cm³/mol. The van der Waals surface area contributed by atoms with Crippen LogP contribution < -0.4 is 11.1 Å². The zero-order valence-corrected chi connectivity index (χ0v) is 17.6. The number of hydrogen-bond acceptors (Lipinski definition) is 4. The molecule has 1 aromatic carbocycles. The summed E-state index contributed by atoms with van der Waals surface area (Å²) in [5, 5.41) is 2.78. The van der Waals surface area contributed by atoms with Crippen LogP contribution in [-0.2, 0) is 24.1 Å². The highest BCUT2D eigenvalue weighted by Gasteiger charge is 2.19. The van der Waals surface area contributed by atoms with Crippen molar-refractivity contribution in [2.75, 3.05) is 26.2 Å². The maximum atomic E-state index is 12.5. The molecule has 0 unspecified atom stereocenters. The zero-order valence-electron chi connectivity index (χ0n) is 16.0. The highest BCUT2D eigenvalue weighted by atomic mass is 35.5. The number of nitrogens with two attached hydrogens (primary N) is 1. The van der Waals surface area contributed by atoms with Gasteiger partial charge in [-0.15, -0.1) is 23.7 Å². The smallest absolute Gasteiger partial charge is 0.261 e. The van der Waals surface area contributed by atoms with Crippen LogP contribution in [0.5, 0.6) is 0 Å². The van der Waals surface area contributed by atoms with Crippen LogP contribution in [0.15, 0.2) is 36.4 Å². The zero-order chi connectivity index (χ0) is 19.1. The Hall–Kier alpha value is -1.89. The minimum atomic E-state index is -0.154. The molecule has 3 rings (SSSR count). The molecule has 0 atom stereocenters. The fourth-order valence-electron chi connectivity index (χ4n) is 3.38. The van der Waals surface area contributed by atoms with Crippen LogP contribution in [0.2, 0.25) is 0 Å². The van der Waals surface area contributed by atoms with E-state index in [-0.39, 0.29) is 30.8 Å². The van der Waals surface area contributed by atoms with Gasteiger partial charge >= 0.3 is 0 Å². The van der Waals surface area contributed by atoms with Gasteiger partial charge in [0, 0.05) is 24.5 Å². The minimum absolute atomic E-state index is 0. The lowest BCUT2D eigenvalue weighted by Crippen LogP contribution is -2.43. The van der Waals surface area contributed by atoms with E-state index < -0.39 is 0 Å². The summed E-state index contributed by atoms with van der Waals surface area (Å²) < 4.78 is 0. The van der Waals surface area contributed by atoms with E-state index in [0.717, 1.165) is 19.3 Å². The molecule has 152 valence electrons. The van der Waals surface area contributed by atoms with Crippen molar-refractivity contribution in [1.82, 2.24) is 10.2 Å². The molecule has 2 aromatic rings. The third-order valence-electron chi connectivity index (χ3n) is 4.89. The van der Waals surface area contributed by atoms with Gasteiger partial charge < -0.3 is 16.0 Å². The Morgan fingerprint density at radius 1 is 1.11 bits per heavy atom. The number of rotatable bonds is 8. The SMILES string of the molecule is Cl.NCCN(CCc1ccccc1)C(=O)CNC(=O)c1cc2c(s1)CCCC2. The molecule has 5 nitrogen and oxygen atoms in total. The van der Waals surface area contributed by atoms with Gasteiger partial charge in [-0.2, -0.15) is 0 Å². The molecule has 0 saturated carbocycles. The number of nitrogens with zero attached hydrogens (tertiary/aromatic N) is 1. The Labute approximate surface area is 176 Å². The first kappa shape index (κ1) is 22.4. The van der Waals surface area contributed by atoms with Crippen molar-refractivity contribution in [3.05, 3.63) is 57.3 Å². The summed E-state index contributed by atoms with van der Waals surface area (Å²) in [4.78, 5) is 28.7. The molecular weight excluding hydrogens is 394 g/mol. The van der Waals surface area contributed by atoms with E-state index in [1.54, 1.807) is 16.2 Å². The molecule has 3 N–H and O–H groups in total. The summed E-state index contributed by atoms with van der Waals surface area (Å²) in [5.74, 6) is -0.246. The first-order chi connectivity index (χ1) is 13.2. The molecule has 0 fully saturated rings. The van der Waals surface area contributed by atoms with Gasteiger partial charge in [0.1, 0.15) is 0 Å². The second-order valence-electron chi connectivity index (χ2n) is 6.85. The lowest BCUT2D eigenvalue weighted by atomic mass is 9.99. The van der Waals surface area contributed by atoms with Gasteiger partial charge in [-0.1, -0.05) is 30.3 Å². The number of carbonyl (C=O) groups is 2. The number of amides is 2. The fourth-order valence-corrected chi connectivity index (χ4v) is 4.55. The van der Waals surface area contributed by atoms with Crippen molar-refractivity contribution in [2.24, 2.45) is 5.73 Å². The Bertz CT molecular complexity index is 756. The van der Waals surface area contributed by atoms with Gasteiger partial charge in [0.25, 0.3) is 5.91 Å². The standard InChI is InChI=1S/C21H27N3O2S.ClH/c22-11-13-24(12-10-16-6-2-1-3-7-16)20(25)15-23-21(26)19-14-17-8-4-5-9-18(17)27-19;/h1-3,6-7,14H,4-5,8-13,15,22H2,(H,23,26);1H. The number of carbonyl (C=O) groups excluding carboxylic acids is 2. The number of benzene rings is 1. The highest BCUT2D eigenvalue weighted by Crippen LogP contribution is 2.29. The largest absolute Gasteiger partial charge is 0.342 e. The fraction of sp³-hybridized carbons (Fsp3) is 0.429. The summed E-state index contributed by atoms with van der Waals surface area (Å²) in [6.45, 7) is 1.51. The Morgan fingerprint density at radius 3 is 2.57 bits per heavy atom. The second-order valence-corrected chi connectivity index (χ2v) is 7.99. The van der Waals surface area contributed by atoms with Crippen LogP contribution in [0.1, 0.15) is 38.5 Å². The monoisotopic (exact) mass is 421 g/mol. The van der Waals surface area contributed by atoms with Crippen molar-refractivity contribution < 1.29 is 9.59 Å². The van der Waals surface area contributed by atoms with Gasteiger partial charge in [0.15, 0.2) is 0 Å². The van der Waals surface area contributed by atoms with Crippen molar-refractivity contribution in [3.8, 4) is 0 Å². The summed E-state index contributed by atoms with van der Waals surface area (Å²) in [6.07, 6.45) is 5.29. The molecule has 2 amide bonds. The Balaban J connectivity index is 0.00000280. The summed E-state index contributed by atoms with van der Waals surface area (Å²) in [5.41, 5.74) is 8.14. The molecule has 1 aliphatic rings. The van der Waals surface area contributed by atoms with Crippen molar-refractivity contribution in [1.29, 1.82) is 0 Å². The van der Waals surface area contributed by atoms with Gasteiger partial charge in [-0.25, -0.2) is 0 Å². The van der Waals surface area contributed by atoms with Crippen LogP contribution in [0.4, 0.5) is 0 Å². The molecule has 0 radical (unpaired) electrons. The minimum Gasteiger partial charge on any atom is -0.342 e. The van der Waals surface area contributed by atoms with Gasteiger partial charge in [0.2, 0.25) is 5.91 Å².